The summed E-state index contributed by atoms with van der Waals surface area (Å²) >= 11 is 0. The van der Waals surface area contributed by atoms with Crippen LogP contribution in [0.5, 0.6) is 5.75 Å². The largest absolute Gasteiger partial charge is 0.497 e. The van der Waals surface area contributed by atoms with E-state index in [9.17, 15) is 4.79 Å². The van der Waals surface area contributed by atoms with E-state index in [0.717, 1.165) is 18.5 Å². The van der Waals surface area contributed by atoms with Crippen molar-refractivity contribution in [3.05, 3.63) is 64.8 Å². The molecule has 1 aromatic heterocycles. The SMILES string of the molecule is COc1cccc(C(=O)N2CCc3[nH]c4ccc(C(C)(C)C)cc4c3C2)c1. The second-order valence-corrected chi connectivity index (χ2v) is 8.30. The number of aromatic nitrogens is 1. The molecule has 0 spiro atoms. The third kappa shape index (κ3) is 3.20. The molecule has 0 radical (unpaired) electrons. The lowest BCUT2D eigenvalue weighted by atomic mass is 9.86. The molecular weight excluding hydrogens is 336 g/mol. The normalized spacial score (nSPS) is 14.3. The smallest absolute Gasteiger partial charge is 0.254 e. The third-order valence-corrected chi connectivity index (χ3v) is 5.45. The van der Waals surface area contributed by atoms with Crippen LogP contribution in [0, 0.1) is 0 Å². The van der Waals surface area contributed by atoms with E-state index in [2.05, 4.69) is 44.0 Å². The molecule has 27 heavy (non-hydrogen) atoms. The molecule has 1 N–H and O–H groups in total. The van der Waals surface area contributed by atoms with E-state index < -0.39 is 0 Å². The summed E-state index contributed by atoms with van der Waals surface area (Å²) in [5.74, 6) is 0.765. The van der Waals surface area contributed by atoms with Gasteiger partial charge in [-0.05, 0) is 41.3 Å². The zero-order valence-corrected chi connectivity index (χ0v) is 16.4. The quantitative estimate of drug-likeness (QED) is 0.720. The van der Waals surface area contributed by atoms with Crippen LogP contribution in [0.1, 0.15) is 48.0 Å². The Labute approximate surface area is 160 Å². The topological polar surface area (TPSA) is 45.3 Å². The maximum atomic E-state index is 13.0. The highest BCUT2D eigenvalue weighted by Gasteiger charge is 2.26. The lowest BCUT2D eigenvalue weighted by Gasteiger charge is -2.27. The minimum atomic E-state index is 0.0564. The Bertz CT molecular complexity index is 1010. The monoisotopic (exact) mass is 362 g/mol. The second kappa shape index (κ2) is 6.45. The van der Waals surface area contributed by atoms with Crippen molar-refractivity contribution in [1.82, 2.24) is 9.88 Å². The predicted molar refractivity (Wildman–Crippen MR) is 108 cm³/mol. The van der Waals surface area contributed by atoms with E-state index in [0.29, 0.717) is 17.9 Å². The maximum Gasteiger partial charge on any atom is 0.254 e. The highest BCUT2D eigenvalue weighted by molar-refractivity contribution is 5.95. The molecule has 0 fully saturated rings. The number of methoxy groups -OCH3 is 1. The van der Waals surface area contributed by atoms with Gasteiger partial charge in [0.1, 0.15) is 5.75 Å². The molecule has 1 aliphatic rings. The van der Waals surface area contributed by atoms with Gasteiger partial charge < -0.3 is 14.6 Å². The van der Waals surface area contributed by atoms with Crippen LogP contribution in [-0.4, -0.2) is 29.4 Å². The average Bonchev–Trinajstić information content (AvgIpc) is 3.03. The van der Waals surface area contributed by atoms with Crippen molar-refractivity contribution >= 4 is 16.8 Å². The van der Waals surface area contributed by atoms with Gasteiger partial charge in [-0.15, -0.1) is 0 Å². The molecular formula is C23H26N2O2. The third-order valence-electron chi connectivity index (χ3n) is 5.45. The van der Waals surface area contributed by atoms with Crippen LogP contribution in [0.2, 0.25) is 0 Å². The van der Waals surface area contributed by atoms with Gasteiger partial charge in [0.25, 0.3) is 5.91 Å². The molecule has 0 aliphatic carbocycles. The van der Waals surface area contributed by atoms with Gasteiger partial charge in [0.15, 0.2) is 0 Å². The standard InChI is InChI=1S/C23H26N2O2/c1-23(2,3)16-8-9-20-18(13-16)19-14-25(11-10-21(19)24-20)22(26)15-6-5-7-17(12-15)27-4/h5-9,12-13,24H,10-11,14H2,1-4H3. The number of hydrogen-bond donors (Lipinski definition) is 1. The van der Waals surface area contributed by atoms with Crippen LogP contribution in [0.4, 0.5) is 0 Å². The summed E-state index contributed by atoms with van der Waals surface area (Å²) in [4.78, 5) is 18.5. The predicted octanol–water partition coefficient (Wildman–Crippen LogP) is 4.67. The first-order valence-corrected chi connectivity index (χ1v) is 9.44. The van der Waals surface area contributed by atoms with Crippen molar-refractivity contribution in [2.75, 3.05) is 13.7 Å². The summed E-state index contributed by atoms with van der Waals surface area (Å²) in [5.41, 5.74) is 5.75. The van der Waals surface area contributed by atoms with Crippen molar-refractivity contribution in [3.8, 4) is 5.75 Å². The van der Waals surface area contributed by atoms with Gasteiger partial charge in [0.2, 0.25) is 0 Å². The number of benzene rings is 2. The van der Waals surface area contributed by atoms with Crippen LogP contribution in [0.15, 0.2) is 42.5 Å². The highest BCUT2D eigenvalue weighted by Crippen LogP contribution is 2.32. The first-order valence-electron chi connectivity index (χ1n) is 9.44. The molecule has 1 amide bonds. The molecule has 140 valence electrons. The van der Waals surface area contributed by atoms with Crippen molar-refractivity contribution in [2.45, 2.75) is 39.2 Å². The summed E-state index contributed by atoms with van der Waals surface area (Å²) < 4.78 is 5.26. The number of H-pyrrole nitrogens is 1. The number of nitrogens with one attached hydrogen (secondary N) is 1. The highest BCUT2D eigenvalue weighted by atomic mass is 16.5. The van der Waals surface area contributed by atoms with E-state index in [4.69, 9.17) is 4.74 Å². The molecule has 0 saturated carbocycles. The summed E-state index contributed by atoms with van der Waals surface area (Å²) in [6.07, 6.45) is 0.852. The maximum absolute atomic E-state index is 13.0. The van der Waals surface area contributed by atoms with E-state index in [1.165, 1.54) is 22.2 Å². The number of nitrogens with zero attached hydrogens (tertiary/aromatic N) is 1. The van der Waals surface area contributed by atoms with Crippen LogP contribution < -0.4 is 4.74 Å². The Morgan fingerprint density at radius 1 is 1.15 bits per heavy atom. The lowest BCUT2D eigenvalue weighted by molar-refractivity contribution is 0.0734. The Hall–Kier alpha value is -2.75. The van der Waals surface area contributed by atoms with Gasteiger partial charge in [-0.25, -0.2) is 0 Å². The van der Waals surface area contributed by atoms with Crippen LogP contribution in [0.25, 0.3) is 10.9 Å². The first-order chi connectivity index (χ1) is 12.9. The fraction of sp³-hybridized carbons (Fsp3) is 0.348. The fourth-order valence-corrected chi connectivity index (χ4v) is 3.79. The van der Waals surface area contributed by atoms with E-state index in [1.807, 2.05) is 29.2 Å². The molecule has 0 atom stereocenters. The zero-order valence-electron chi connectivity index (χ0n) is 16.4. The van der Waals surface area contributed by atoms with Crippen molar-refractivity contribution in [2.24, 2.45) is 0 Å². The van der Waals surface area contributed by atoms with E-state index >= 15 is 0 Å². The van der Waals surface area contributed by atoms with E-state index in [-0.39, 0.29) is 11.3 Å². The van der Waals surface area contributed by atoms with Crippen molar-refractivity contribution in [1.29, 1.82) is 0 Å². The van der Waals surface area contributed by atoms with Crippen molar-refractivity contribution in [3.63, 3.8) is 0 Å². The number of hydrogen-bond acceptors (Lipinski definition) is 2. The van der Waals surface area contributed by atoms with Gasteiger partial charge >= 0.3 is 0 Å². The number of fused-ring (bicyclic) bond motifs is 3. The Balaban J connectivity index is 1.68. The van der Waals surface area contributed by atoms with Gasteiger partial charge in [-0.2, -0.15) is 0 Å². The summed E-state index contributed by atoms with van der Waals surface area (Å²) in [6, 6.07) is 14.0. The molecule has 0 unspecified atom stereocenters. The summed E-state index contributed by atoms with van der Waals surface area (Å²) in [5, 5.41) is 1.24. The fourth-order valence-electron chi connectivity index (χ4n) is 3.79. The molecule has 4 nitrogen and oxygen atoms in total. The number of carbonyl (C=O) groups excluding carboxylic acids is 1. The van der Waals surface area contributed by atoms with Gasteiger partial charge in [-0.3, -0.25) is 4.79 Å². The van der Waals surface area contributed by atoms with Crippen molar-refractivity contribution < 1.29 is 9.53 Å². The summed E-state index contributed by atoms with van der Waals surface area (Å²) in [6.45, 7) is 8.05. The summed E-state index contributed by atoms with van der Waals surface area (Å²) in [7, 11) is 1.62. The number of carbonyl (C=O) groups is 1. The molecule has 1 aliphatic heterocycles. The lowest BCUT2D eigenvalue weighted by Crippen LogP contribution is -2.35. The zero-order chi connectivity index (χ0) is 19.2. The molecule has 0 saturated heterocycles. The second-order valence-electron chi connectivity index (χ2n) is 8.30. The minimum absolute atomic E-state index is 0.0564. The number of aromatic amines is 1. The molecule has 2 aromatic carbocycles. The first kappa shape index (κ1) is 17.7. The van der Waals surface area contributed by atoms with Gasteiger partial charge in [0, 0.05) is 47.2 Å². The Kier molecular flexibility index (Phi) is 4.22. The minimum Gasteiger partial charge on any atom is -0.497 e. The van der Waals surface area contributed by atoms with Crippen LogP contribution in [0.3, 0.4) is 0 Å². The number of rotatable bonds is 2. The van der Waals surface area contributed by atoms with Gasteiger partial charge in [0.05, 0.1) is 7.11 Å². The van der Waals surface area contributed by atoms with Gasteiger partial charge in [-0.1, -0.05) is 32.9 Å². The Morgan fingerprint density at radius 2 is 1.96 bits per heavy atom. The molecule has 2 heterocycles. The average molecular weight is 362 g/mol. The van der Waals surface area contributed by atoms with E-state index in [1.54, 1.807) is 7.11 Å². The molecule has 0 bridgehead atoms. The molecule has 3 aromatic rings. The van der Waals surface area contributed by atoms with Crippen LogP contribution in [-0.2, 0) is 18.4 Å². The van der Waals surface area contributed by atoms with Crippen LogP contribution >= 0.6 is 0 Å². The Morgan fingerprint density at radius 3 is 2.70 bits per heavy atom. The number of ether oxygens (including phenoxy) is 1. The molecule has 4 rings (SSSR count). The molecule has 4 heteroatoms. The number of amides is 1.